The van der Waals surface area contributed by atoms with Gasteiger partial charge in [0.2, 0.25) is 5.60 Å². The molecule has 0 radical (unpaired) electrons. The van der Waals surface area contributed by atoms with Crippen LogP contribution in [-0.2, 0) is 15.2 Å². The van der Waals surface area contributed by atoms with Gasteiger partial charge in [-0.1, -0.05) is 12.1 Å². The smallest absolute Gasteiger partial charge is 0.423 e. The molecule has 0 aliphatic carbocycles. The zero-order valence-electron chi connectivity index (χ0n) is 15.2. The van der Waals surface area contributed by atoms with Gasteiger partial charge in [-0.2, -0.15) is 18.2 Å². The molecule has 2 unspecified atom stereocenters. The van der Waals surface area contributed by atoms with E-state index < -0.39 is 53.2 Å². The summed E-state index contributed by atoms with van der Waals surface area (Å²) in [6.45, 7) is 0. The minimum absolute atomic E-state index is 0.197. The molecule has 29 heavy (non-hydrogen) atoms. The van der Waals surface area contributed by atoms with Crippen LogP contribution in [0.5, 0.6) is 0 Å². The molecule has 1 heterocycles. The summed E-state index contributed by atoms with van der Waals surface area (Å²) in [5, 5.41) is 0.916. The van der Waals surface area contributed by atoms with Crippen LogP contribution in [0.2, 0.25) is 0 Å². The Balaban J connectivity index is 2.03. The standard InChI is InChI=1S/C19H15F6NO3/c1-26-15(10-3-5-11(6-4-10)17(27)28-2)9-18(29-26,19(23,24)25)12-7-13(20)16(22)14(21)8-12/h3-8,15H,9H2,1-2H3. The third-order valence-corrected chi connectivity index (χ3v) is 4.84. The predicted octanol–water partition coefficient (Wildman–Crippen LogP) is 4.66. The van der Waals surface area contributed by atoms with Gasteiger partial charge < -0.3 is 4.74 Å². The van der Waals surface area contributed by atoms with Crippen molar-refractivity contribution >= 4 is 5.97 Å². The van der Waals surface area contributed by atoms with Crippen molar-refractivity contribution in [2.24, 2.45) is 0 Å². The third-order valence-electron chi connectivity index (χ3n) is 4.84. The first-order valence-electron chi connectivity index (χ1n) is 8.32. The number of ether oxygens (including phenoxy) is 1. The zero-order valence-corrected chi connectivity index (χ0v) is 15.2. The van der Waals surface area contributed by atoms with Crippen molar-refractivity contribution in [2.75, 3.05) is 14.2 Å². The molecule has 2 atom stereocenters. The van der Waals surface area contributed by atoms with Crippen molar-refractivity contribution in [3.63, 3.8) is 0 Å². The second-order valence-electron chi connectivity index (χ2n) is 6.55. The van der Waals surface area contributed by atoms with Gasteiger partial charge in [0.1, 0.15) is 0 Å². The summed E-state index contributed by atoms with van der Waals surface area (Å²) in [4.78, 5) is 16.6. The van der Waals surface area contributed by atoms with Crippen LogP contribution in [0, 0.1) is 17.5 Å². The summed E-state index contributed by atoms with van der Waals surface area (Å²) in [5.41, 5.74) is -3.40. The Kier molecular flexibility index (Phi) is 5.35. The van der Waals surface area contributed by atoms with Crippen LogP contribution >= 0.6 is 0 Å². The monoisotopic (exact) mass is 419 g/mol. The quantitative estimate of drug-likeness (QED) is 0.412. The van der Waals surface area contributed by atoms with Gasteiger partial charge in [-0.15, -0.1) is 0 Å². The van der Waals surface area contributed by atoms with E-state index in [0.717, 1.165) is 5.06 Å². The number of hydrogen-bond donors (Lipinski definition) is 0. The van der Waals surface area contributed by atoms with Gasteiger partial charge in [0.15, 0.2) is 17.5 Å². The summed E-state index contributed by atoms with van der Waals surface area (Å²) in [6, 6.07) is 5.20. The topological polar surface area (TPSA) is 38.8 Å². The second-order valence-corrected chi connectivity index (χ2v) is 6.55. The van der Waals surface area contributed by atoms with Gasteiger partial charge in [-0.05, 0) is 29.8 Å². The highest BCUT2D eigenvalue weighted by atomic mass is 19.4. The molecule has 0 aromatic heterocycles. The second kappa shape index (κ2) is 7.34. The van der Waals surface area contributed by atoms with Crippen LogP contribution in [0.4, 0.5) is 26.3 Å². The molecule has 2 aromatic rings. The molecule has 1 saturated heterocycles. The normalized spacial score (nSPS) is 22.7. The molecular formula is C19H15F6NO3. The highest BCUT2D eigenvalue weighted by Crippen LogP contribution is 2.54. The number of esters is 1. The average molecular weight is 419 g/mol. The Hall–Kier alpha value is -2.59. The van der Waals surface area contributed by atoms with Crippen LogP contribution in [-0.4, -0.2) is 31.4 Å². The maximum Gasteiger partial charge on any atom is 0.423 e. The van der Waals surface area contributed by atoms with E-state index in [4.69, 9.17) is 4.84 Å². The van der Waals surface area contributed by atoms with Crippen molar-refractivity contribution < 1.29 is 40.7 Å². The first kappa shape index (κ1) is 21.1. The van der Waals surface area contributed by atoms with Gasteiger partial charge in [-0.25, -0.2) is 18.0 Å². The molecular weight excluding hydrogens is 404 g/mol. The summed E-state index contributed by atoms with van der Waals surface area (Å²) >= 11 is 0. The molecule has 0 bridgehead atoms. The van der Waals surface area contributed by atoms with Crippen molar-refractivity contribution in [2.45, 2.75) is 24.2 Å². The van der Waals surface area contributed by atoms with Crippen LogP contribution in [0.15, 0.2) is 36.4 Å². The highest BCUT2D eigenvalue weighted by molar-refractivity contribution is 5.89. The molecule has 1 aliphatic heterocycles. The van der Waals surface area contributed by atoms with Gasteiger partial charge in [0.05, 0.1) is 18.7 Å². The number of methoxy groups -OCH3 is 1. The molecule has 3 rings (SSSR count). The summed E-state index contributed by atoms with van der Waals surface area (Å²) < 4.78 is 87.0. The van der Waals surface area contributed by atoms with E-state index >= 15 is 0 Å². The Morgan fingerprint density at radius 1 is 1.14 bits per heavy atom. The number of benzene rings is 2. The van der Waals surface area contributed by atoms with Crippen molar-refractivity contribution in [1.29, 1.82) is 0 Å². The van der Waals surface area contributed by atoms with E-state index in [0.29, 0.717) is 5.56 Å². The SMILES string of the molecule is COC(=O)c1ccc(C2CC(c3cc(F)c(F)c(F)c3)(C(F)(F)F)ON2C)cc1. The lowest BCUT2D eigenvalue weighted by atomic mass is 9.85. The summed E-state index contributed by atoms with van der Waals surface area (Å²) in [6.07, 6.45) is -5.80. The minimum Gasteiger partial charge on any atom is -0.465 e. The molecule has 0 N–H and O–H groups in total. The molecule has 4 nitrogen and oxygen atoms in total. The van der Waals surface area contributed by atoms with Crippen molar-refractivity contribution in [3.05, 3.63) is 70.5 Å². The van der Waals surface area contributed by atoms with Crippen LogP contribution in [0.3, 0.4) is 0 Å². The largest absolute Gasteiger partial charge is 0.465 e. The lowest BCUT2D eigenvalue weighted by Gasteiger charge is -2.31. The Labute approximate surface area is 161 Å². The van der Waals surface area contributed by atoms with Gasteiger partial charge in [0.25, 0.3) is 0 Å². The molecule has 0 amide bonds. The number of carbonyl (C=O) groups is 1. The molecule has 0 spiro atoms. The average Bonchev–Trinajstić information content (AvgIpc) is 3.04. The van der Waals surface area contributed by atoms with Crippen molar-refractivity contribution in [3.8, 4) is 0 Å². The number of nitrogens with zero attached hydrogens (tertiary/aromatic N) is 1. The van der Waals surface area contributed by atoms with Gasteiger partial charge in [-0.3, -0.25) is 4.84 Å². The molecule has 1 fully saturated rings. The lowest BCUT2D eigenvalue weighted by Crippen LogP contribution is -2.43. The molecule has 10 heteroatoms. The number of rotatable bonds is 3. The van der Waals surface area contributed by atoms with Crippen LogP contribution < -0.4 is 0 Å². The highest BCUT2D eigenvalue weighted by Gasteiger charge is 2.63. The minimum atomic E-state index is -5.06. The third kappa shape index (κ3) is 3.58. The number of hydrogen-bond acceptors (Lipinski definition) is 4. The van der Waals surface area contributed by atoms with E-state index in [1.54, 1.807) is 0 Å². The lowest BCUT2D eigenvalue weighted by molar-refractivity contribution is -0.322. The van der Waals surface area contributed by atoms with E-state index in [1.807, 2.05) is 0 Å². The summed E-state index contributed by atoms with van der Waals surface area (Å²) in [5.74, 6) is -5.98. The van der Waals surface area contributed by atoms with Crippen LogP contribution in [0.1, 0.15) is 33.9 Å². The Morgan fingerprint density at radius 2 is 1.69 bits per heavy atom. The van der Waals surface area contributed by atoms with Crippen LogP contribution in [0.25, 0.3) is 0 Å². The van der Waals surface area contributed by atoms with E-state index in [2.05, 4.69) is 4.74 Å². The Bertz CT molecular complexity index is 908. The van der Waals surface area contributed by atoms with Gasteiger partial charge >= 0.3 is 12.1 Å². The first-order chi connectivity index (χ1) is 13.5. The molecule has 1 aliphatic rings. The fourth-order valence-electron chi connectivity index (χ4n) is 3.32. The fraction of sp³-hybridized carbons (Fsp3) is 0.316. The number of carbonyl (C=O) groups excluding carboxylic acids is 1. The van der Waals surface area contributed by atoms with E-state index in [-0.39, 0.29) is 17.7 Å². The fourth-order valence-corrected chi connectivity index (χ4v) is 3.32. The number of alkyl halides is 3. The Morgan fingerprint density at radius 3 is 2.17 bits per heavy atom. The van der Waals surface area contributed by atoms with Gasteiger partial charge in [0, 0.05) is 19.0 Å². The maximum absolute atomic E-state index is 14.0. The maximum atomic E-state index is 14.0. The summed E-state index contributed by atoms with van der Waals surface area (Å²) in [7, 11) is 2.43. The predicted molar refractivity (Wildman–Crippen MR) is 88.0 cm³/mol. The zero-order chi connectivity index (χ0) is 21.6. The van der Waals surface area contributed by atoms with E-state index in [9.17, 15) is 31.1 Å². The molecule has 156 valence electrons. The first-order valence-corrected chi connectivity index (χ1v) is 8.32. The van der Waals surface area contributed by atoms with Crippen molar-refractivity contribution in [1.82, 2.24) is 5.06 Å². The number of hydroxylamine groups is 2. The molecule has 2 aromatic carbocycles. The van der Waals surface area contributed by atoms with E-state index in [1.165, 1.54) is 38.4 Å². The molecule has 0 saturated carbocycles. The number of halogens is 6.